The molecule has 396 valence electrons. The van der Waals surface area contributed by atoms with E-state index in [1.807, 2.05) is 0 Å². The van der Waals surface area contributed by atoms with Gasteiger partial charge in [0.25, 0.3) is 0 Å². The summed E-state index contributed by atoms with van der Waals surface area (Å²) in [5.74, 6) is -0.441. The third kappa shape index (κ3) is 56.6. The average Bonchev–Trinajstić information content (AvgIpc) is 3.36. The number of unbranched alkanes of at least 4 members (excludes halogenated alkanes) is 18. The number of rotatable bonds is 51. The standard InChI is InChI=1S/C65H106O5/c1-4-7-10-13-16-19-22-25-28-31-33-35-37-40-43-46-49-52-55-58-64(66)69-62-63(61-68-60-57-54-51-48-45-42-39-36-32-29-26-23-20-17-14-11-8-5-2)70-65(67)59-56-53-50-47-44-41-38-34-30-27-24-21-18-15-12-9-6-3/h7-12,16-21,25-30,33,35-36,39,63H,4-6,13-15,22-24,31-32,34,37-38,40-62H2,1-3H3/b10-7-,11-8-,12-9-,19-16-,20-17-,21-18-,28-25-,29-26-,30-27-,35-33-,39-36-. The first kappa shape index (κ1) is 66.0. The van der Waals surface area contributed by atoms with Gasteiger partial charge in [-0.2, -0.15) is 0 Å². The molecule has 0 spiro atoms. The van der Waals surface area contributed by atoms with Crippen molar-refractivity contribution in [3.63, 3.8) is 0 Å². The van der Waals surface area contributed by atoms with Crippen LogP contribution < -0.4 is 0 Å². The topological polar surface area (TPSA) is 61.8 Å². The largest absolute Gasteiger partial charge is 0.462 e. The molecular formula is C65H106O5. The summed E-state index contributed by atoms with van der Waals surface area (Å²) in [5, 5.41) is 0. The normalized spacial score (nSPS) is 13.2. The number of carbonyl (C=O) groups excluding carboxylic acids is 2. The molecule has 0 saturated carbocycles. The van der Waals surface area contributed by atoms with Crippen LogP contribution in [0.2, 0.25) is 0 Å². The summed E-state index contributed by atoms with van der Waals surface area (Å²) >= 11 is 0. The van der Waals surface area contributed by atoms with Gasteiger partial charge in [0.1, 0.15) is 6.61 Å². The maximum atomic E-state index is 12.9. The quantitative estimate of drug-likeness (QED) is 0.0345. The van der Waals surface area contributed by atoms with Crippen LogP contribution in [0.1, 0.15) is 239 Å². The van der Waals surface area contributed by atoms with Gasteiger partial charge >= 0.3 is 11.9 Å². The molecule has 0 heterocycles. The van der Waals surface area contributed by atoms with Crippen LogP contribution in [0.4, 0.5) is 0 Å². The lowest BCUT2D eigenvalue weighted by atomic mass is 10.1. The van der Waals surface area contributed by atoms with Crippen LogP contribution in [0.15, 0.2) is 134 Å². The number of carbonyl (C=O) groups is 2. The smallest absolute Gasteiger partial charge is 0.306 e. The molecule has 0 fully saturated rings. The second-order valence-corrected chi connectivity index (χ2v) is 18.4. The minimum absolute atomic E-state index is 0.0572. The summed E-state index contributed by atoms with van der Waals surface area (Å²) in [5.41, 5.74) is 0. The Balaban J connectivity index is 4.39. The van der Waals surface area contributed by atoms with Crippen molar-refractivity contribution in [3.8, 4) is 0 Å². The zero-order valence-electron chi connectivity index (χ0n) is 45.5. The number of ether oxygens (including phenoxy) is 3. The van der Waals surface area contributed by atoms with Crippen molar-refractivity contribution in [3.05, 3.63) is 134 Å². The molecule has 1 atom stereocenters. The highest BCUT2D eigenvalue weighted by molar-refractivity contribution is 5.70. The van der Waals surface area contributed by atoms with Gasteiger partial charge in [-0.15, -0.1) is 0 Å². The molecular weight excluding hydrogens is 861 g/mol. The Morgan fingerprint density at radius 3 is 0.957 bits per heavy atom. The van der Waals surface area contributed by atoms with Crippen molar-refractivity contribution in [1.82, 2.24) is 0 Å². The van der Waals surface area contributed by atoms with Gasteiger partial charge in [0.2, 0.25) is 0 Å². The van der Waals surface area contributed by atoms with Crippen molar-refractivity contribution >= 4 is 11.9 Å². The molecule has 0 rings (SSSR count). The molecule has 0 radical (unpaired) electrons. The SMILES string of the molecule is CC/C=C\C/C=C\C/C=C\C/C=C\CCCCCCCCC(=O)OCC(COCCCCCCC/C=C\C/C=C\C/C=C\C/C=C\CC)OC(=O)CCCCCCCCC/C=C\C/C=C\C/C=C\CC. The van der Waals surface area contributed by atoms with Crippen molar-refractivity contribution in [2.45, 2.75) is 245 Å². The van der Waals surface area contributed by atoms with E-state index >= 15 is 0 Å². The zero-order valence-corrected chi connectivity index (χ0v) is 45.5. The van der Waals surface area contributed by atoms with Crippen molar-refractivity contribution in [1.29, 1.82) is 0 Å². The second kappa shape index (κ2) is 59.3. The van der Waals surface area contributed by atoms with Gasteiger partial charge in [-0.25, -0.2) is 0 Å². The van der Waals surface area contributed by atoms with Crippen LogP contribution in [0.3, 0.4) is 0 Å². The van der Waals surface area contributed by atoms with E-state index in [2.05, 4.69) is 154 Å². The Hall–Kier alpha value is -3.96. The molecule has 5 nitrogen and oxygen atoms in total. The van der Waals surface area contributed by atoms with Crippen molar-refractivity contribution in [2.24, 2.45) is 0 Å². The Morgan fingerprint density at radius 1 is 0.314 bits per heavy atom. The molecule has 0 aromatic rings. The van der Waals surface area contributed by atoms with E-state index in [0.29, 0.717) is 19.4 Å². The molecule has 70 heavy (non-hydrogen) atoms. The van der Waals surface area contributed by atoms with Crippen LogP contribution >= 0.6 is 0 Å². The molecule has 5 heteroatoms. The maximum absolute atomic E-state index is 12.9. The van der Waals surface area contributed by atoms with Gasteiger partial charge < -0.3 is 14.2 Å². The average molecular weight is 968 g/mol. The summed E-state index contributed by atoms with van der Waals surface area (Å²) in [6.07, 6.45) is 84.7. The predicted molar refractivity (Wildman–Crippen MR) is 306 cm³/mol. The van der Waals surface area contributed by atoms with Crippen LogP contribution in [-0.4, -0.2) is 37.9 Å². The fourth-order valence-corrected chi connectivity index (χ4v) is 7.51. The summed E-state index contributed by atoms with van der Waals surface area (Å²) in [4.78, 5) is 25.6. The van der Waals surface area contributed by atoms with Crippen LogP contribution in [0.5, 0.6) is 0 Å². The van der Waals surface area contributed by atoms with Crippen LogP contribution in [-0.2, 0) is 23.8 Å². The molecule has 0 amide bonds. The lowest BCUT2D eigenvalue weighted by molar-refractivity contribution is -0.163. The Kier molecular flexibility index (Phi) is 56.0. The summed E-state index contributed by atoms with van der Waals surface area (Å²) < 4.78 is 17.5. The molecule has 0 bridgehead atoms. The van der Waals surface area contributed by atoms with Gasteiger partial charge in [-0.05, 0) is 128 Å². The first-order valence-corrected chi connectivity index (χ1v) is 28.7. The van der Waals surface area contributed by atoms with Crippen LogP contribution in [0.25, 0.3) is 0 Å². The van der Waals surface area contributed by atoms with E-state index < -0.39 is 6.10 Å². The van der Waals surface area contributed by atoms with Crippen molar-refractivity contribution in [2.75, 3.05) is 19.8 Å². The first-order chi connectivity index (χ1) is 34.6. The summed E-state index contributed by atoms with van der Waals surface area (Å²) in [7, 11) is 0. The number of hydrogen-bond acceptors (Lipinski definition) is 5. The monoisotopic (exact) mass is 967 g/mol. The Labute approximate surface area is 432 Å². The molecule has 0 aliphatic carbocycles. The highest BCUT2D eigenvalue weighted by Gasteiger charge is 2.17. The molecule has 0 N–H and O–H groups in total. The zero-order chi connectivity index (χ0) is 50.6. The van der Waals surface area contributed by atoms with Crippen molar-refractivity contribution < 1.29 is 23.8 Å². The van der Waals surface area contributed by atoms with E-state index in [-0.39, 0.29) is 25.2 Å². The maximum Gasteiger partial charge on any atom is 0.306 e. The van der Waals surface area contributed by atoms with Gasteiger partial charge in [0.05, 0.1) is 6.61 Å². The van der Waals surface area contributed by atoms with Gasteiger partial charge in [-0.3, -0.25) is 9.59 Å². The minimum atomic E-state index is -0.569. The van der Waals surface area contributed by atoms with Gasteiger partial charge in [-0.1, -0.05) is 231 Å². The fraction of sp³-hybridized carbons (Fsp3) is 0.631. The van der Waals surface area contributed by atoms with E-state index in [1.54, 1.807) is 0 Å². The van der Waals surface area contributed by atoms with E-state index in [1.165, 1.54) is 64.2 Å². The lowest BCUT2D eigenvalue weighted by Crippen LogP contribution is -2.30. The minimum Gasteiger partial charge on any atom is -0.462 e. The van der Waals surface area contributed by atoms with Gasteiger partial charge in [0.15, 0.2) is 6.10 Å². The first-order valence-electron chi connectivity index (χ1n) is 28.7. The number of allylic oxidation sites excluding steroid dienone is 22. The predicted octanol–water partition coefficient (Wildman–Crippen LogP) is 19.9. The number of esters is 2. The highest BCUT2D eigenvalue weighted by Crippen LogP contribution is 2.14. The Bertz CT molecular complexity index is 1470. The molecule has 0 saturated heterocycles. The fourth-order valence-electron chi connectivity index (χ4n) is 7.51. The third-order valence-electron chi connectivity index (χ3n) is 11.7. The molecule has 0 aliphatic rings. The molecule has 1 unspecified atom stereocenters. The molecule has 0 aromatic heterocycles. The van der Waals surface area contributed by atoms with E-state index in [9.17, 15) is 9.59 Å². The third-order valence-corrected chi connectivity index (χ3v) is 11.7. The lowest BCUT2D eigenvalue weighted by Gasteiger charge is -2.18. The Morgan fingerprint density at radius 2 is 0.600 bits per heavy atom. The van der Waals surface area contributed by atoms with E-state index in [4.69, 9.17) is 14.2 Å². The highest BCUT2D eigenvalue weighted by atomic mass is 16.6. The summed E-state index contributed by atoms with van der Waals surface area (Å²) in [6.45, 7) is 7.42. The summed E-state index contributed by atoms with van der Waals surface area (Å²) in [6, 6.07) is 0. The second-order valence-electron chi connectivity index (χ2n) is 18.4. The van der Waals surface area contributed by atoms with Crippen LogP contribution in [0, 0.1) is 0 Å². The molecule has 0 aliphatic heterocycles. The molecule has 0 aromatic carbocycles. The van der Waals surface area contributed by atoms with E-state index in [0.717, 1.165) is 141 Å². The van der Waals surface area contributed by atoms with Gasteiger partial charge in [0, 0.05) is 19.4 Å². The number of hydrogen-bond donors (Lipinski definition) is 0.